The summed E-state index contributed by atoms with van der Waals surface area (Å²) in [5.41, 5.74) is 9.79. The topological polar surface area (TPSA) is 122 Å². The summed E-state index contributed by atoms with van der Waals surface area (Å²) in [6.45, 7) is 6.19. The Morgan fingerprint density at radius 2 is 1.79 bits per heavy atom. The molecule has 0 spiro atoms. The molecule has 0 atom stereocenters. The third kappa shape index (κ3) is 6.23. The summed E-state index contributed by atoms with van der Waals surface area (Å²) in [4.78, 5) is 19.9. The molecule has 3 rings (SSSR count). The first-order valence-electron chi connectivity index (χ1n) is 11.4. The Kier molecular flexibility index (Phi) is 8.43. The van der Waals surface area contributed by atoms with Gasteiger partial charge >= 0.3 is 5.97 Å². The molecule has 34 heavy (non-hydrogen) atoms. The zero-order valence-corrected chi connectivity index (χ0v) is 19.9. The van der Waals surface area contributed by atoms with Gasteiger partial charge in [-0.1, -0.05) is 56.3 Å². The molecule has 180 valence electrons. The van der Waals surface area contributed by atoms with Gasteiger partial charge in [0.05, 0.1) is 12.5 Å². The van der Waals surface area contributed by atoms with Crippen LogP contribution in [0.3, 0.4) is 0 Å². The molecule has 3 aromatic rings. The van der Waals surface area contributed by atoms with Gasteiger partial charge in [0.2, 0.25) is 5.95 Å². The Morgan fingerprint density at radius 3 is 2.44 bits per heavy atom. The average Bonchev–Trinajstić information content (AvgIpc) is 2.81. The summed E-state index contributed by atoms with van der Waals surface area (Å²) in [5.74, 6) is 0.144. The summed E-state index contributed by atoms with van der Waals surface area (Å²) < 4.78 is 6.14. The number of carboxylic acids is 1. The zero-order valence-electron chi connectivity index (χ0n) is 19.9. The van der Waals surface area contributed by atoms with Crippen molar-refractivity contribution in [3.63, 3.8) is 0 Å². The number of hydroxylamine groups is 1. The van der Waals surface area contributed by atoms with Crippen molar-refractivity contribution in [2.24, 2.45) is 0 Å². The smallest absolute Gasteiger partial charge is 0.307 e. The van der Waals surface area contributed by atoms with Crippen molar-refractivity contribution in [2.45, 2.75) is 59.1 Å². The third-order valence-electron chi connectivity index (χ3n) is 5.81. The molecule has 2 aromatic carbocycles. The summed E-state index contributed by atoms with van der Waals surface area (Å²) >= 11 is 0. The Hall–Kier alpha value is -3.65. The van der Waals surface area contributed by atoms with Crippen molar-refractivity contribution in [1.29, 1.82) is 0 Å². The predicted molar refractivity (Wildman–Crippen MR) is 131 cm³/mol. The van der Waals surface area contributed by atoms with E-state index in [1.54, 1.807) is 12.1 Å². The molecule has 0 radical (unpaired) electrons. The Balaban J connectivity index is 2.00. The van der Waals surface area contributed by atoms with E-state index in [2.05, 4.69) is 9.97 Å². The fourth-order valence-electron chi connectivity index (χ4n) is 3.90. The fraction of sp³-hybridized carbons (Fsp3) is 0.346. The van der Waals surface area contributed by atoms with Crippen LogP contribution in [-0.4, -0.2) is 32.3 Å². The van der Waals surface area contributed by atoms with Crippen LogP contribution in [0.1, 0.15) is 54.6 Å². The molecule has 0 aliphatic rings. The van der Waals surface area contributed by atoms with Crippen molar-refractivity contribution in [2.75, 3.05) is 10.8 Å². The highest BCUT2D eigenvalue weighted by molar-refractivity contribution is 5.70. The quantitative estimate of drug-likeness (QED) is 0.353. The third-order valence-corrected chi connectivity index (χ3v) is 5.81. The van der Waals surface area contributed by atoms with Crippen LogP contribution in [-0.2, 0) is 24.2 Å². The van der Waals surface area contributed by atoms with Gasteiger partial charge in [-0.05, 0) is 42.5 Å². The monoisotopic (exact) mass is 464 g/mol. The molecule has 0 aliphatic heterocycles. The van der Waals surface area contributed by atoms with Crippen LogP contribution in [0, 0.1) is 6.92 Å². The van der Waals surface area contributed by atoms with Gasteiger partial charge in [-0.3, -0.25) is 10.0 Å². The number of carbonyl (C=O) groups is 1. The number of nitrogens with two attached hydrogens (primary N) is 1. The highest BCUT2D eigenvalue weighted by atomic mass is 16.5. The van der Waals surface area contributed by atoms with E-state index in [4.69, 9.17) is 10.5 Å². The van der Waals surface area contributed by atoms with E-state index in [0.29, 0.717) is 35.9 Å². The first-order chi connectivity index (χ1) is 16.3. The van der Waals surface area contributed by atoms with Crippen LogP contribution in [0.5, 0.6) is 5.75 Å². The van der Waals surface area contributed by atoms with E-state index in [-0.39, 0.29) is 18.4 Å². The molecule has 8 nitrogen and oxygen atoms in total. The SMILES string of the molecule is CCC(CC)N(O)c1nc(N)nc(C)c1Cc1ccc(CC(=O)O)cc1OCc1ccccc1. The molecule has 0 saturated heterocycles. The number of hydrogen-bond acceptors (Lipinski definition) is 7. The number of aromatic nitrogens is 2. The van der Waals surface area contributed by atoms with Crippen molar-refractivity contribution in [3.05, 3.63) is 76.5 Å². The second-order valence-corrected chi connectivity index (χ2v) is 8.25. The summed E-state index contributed by atoms with van der Waals surface area (Å²) in [5, 5.41) is 21.4. The van der Waals surface area contributed by atoms with Gasteiger partial charge in [0.15, 0.2) is 5.82 Å². The van der Waals surface area contributed by atoms with Crippen molar-refractivity contribution in [3.8, 4) is 5.75 Å². The highest BCUT2D eigenvalue weighted by Crippen LogP contribution is 2.31. The maximum atomic E-state index is 11.2. The lowest BCUT2D eigenvalue weighted by molar-refractivity contribution is -0.136. The van der Waals surface area contributed by atoms with E-state index in [0.717, 1.165) is 29.5 Å². The van der Waals surface area contributed by atoms with Crippen LogP contribution in [0.2, 0.25) is 0 Å². The molecule has 0 bridgehead atoms. The molecule has 0 saturated carbocycles. The van der Waals surface area contributed by atoms with Gasteiger partial charge in [0, 0.05) is 17.7 Å². The molecule has 1 aromatic heterocycles. The standard InChI is InChI=1S/C26H32N4O4/c1-4-21(5-2)30(33)25-22(17(3)28-26(27)29-25)15-20-12-11-19(14-24(31)32)13-23(20)34-16-18-9-7-6-8-10-18/h6-13,21,33H,4-5,14-16H2,1-3H3,(H,31,32)(H2,27,28,29). The van der Waals surface area contributed by atoms with E-state index < -0.39 is 5.97 Å². The second-order valence-electron chi connectivity index (χ2n) is 8.25. The number of benzene rings is 2. The lowest BCUT2D eigenvalue weighted by Gasteiger charge is -2.27. The number of nitrogen functional groups attached to an aromatic ring is 1. The Bertz CT molecular complexity index is 1120. The zero-order chi connectivity index (χ0) is 24.7. The number of rotatable bonds is 11. The fourth-order valence-corrected chi connectivity index (χ4v) is 3.90. The molecule has 1 heterocycles. The summed E-state index contributed by atoms with van der Waals surface area (Å²) in [6.07, 6.45) is 1.77. The number of carboxylic acid groups (broad SMARTS) is 1. The maximum absolute atomic E-state index is 11.2. The number of hydrogen-bond donors (Lipinski definition) is 3. The van der Waals surface area contributed by atoms with Crippen LogP contribution < -0.4 is 15.5 Å². The molecule has 8 heteroatoms. The minimum atomic E-state index is -0.909. The van der Waals surface area contributed by atoms with E-state index in [1.165, 1.54) is 5.06 Å². The van der Waals surface area contributed by atoms with Crippen LogP contribution in [0.25, 0.3) is 0 Å². The minimum absolute atomic E-state index is 0.0959. The van der Waals surface area contributed by atoms with Gasteiger partial charge in [-0.25, -0.2) is 10.0 Å². The van der Waals surface area contributed by atoms with Crippen molar-refractivity contribution < 1.29 is 19.8 Å². The molecule has 0 unspecified atom stereocenters. The van der Waals surface area contributed by atoms with Crippen molar-refractivity contribution in [1.82, 2.24) is 9.97 Å². The molecular weight excluding hydrogens is 432 g/mol. The number of aryl methyl sites for hydroxylation is 1. The van der Waals surface area contributed by atoms with Gasteiger partial charge in [-0.15, -0.1) is 0 Å². The largest absolute Gasteiger partial charge is 0.489 e. The highest BCUT2D eigenvalue weighted by Gasteiger charge is 2.22. The Morgan fingerprint density at radius 1 is 1.09 bits per heavy atom. The lowest BCUT2D eigenvalue weighted by Crippen LogP contribution is -2.33. The van der Waals surface area contributed by atoms with E-state index >= 15 is 0 Å². The van der Waals surface area contributed by atoms with Gasteiger partial charge in [0.25, 0.3) is 0 Å². The van der Waals surface area contributed by atoms with Gasteiger partial charge < -0.3 is 15.6 Å². The molecule has 0 fully saturated rings. The van der Waals surface area contributed by atoms with Crippen LogP contribution in [0.15, 0.2) is 48.5 Å². The minimum Gasteiger partial charge on any atom is -0.489 e. The molecule has 0 amide bonds. The molecule has 4 N–H and O–H groups in total. The number of nitrogens with zero attached hydrogens (tertiary/aromatic N) is 3. The van der Waals surface area contributed by atoms with Crippen LogP contribution >= 0.6 is 0 Å². The van der Waals surface area contributed by atoms with Crippen LogP contribution in [0.4, 0.5) is 11.8 Å². The van der Waals surface area contributed by atoms with E-state index in [1.807, 2.05) is 57.2 Å². The normalized spacial score (nSPS) is 11.0. The summed E-state index contributed by atoms with van der Waals surface area (Å²) in [7, 11) is 0. The second kappa shape index (κ2) is 11.5. The first-order valence-corrected chi connectivity index (χ1v) is 11.4. The first kappa shape index (κ1) is 25.0. The van der Waals surface area contributed by atoms with E-state index in [9.17, 15) is 15.1 Å². The van der Waals surface area contributed by atoms with Gasteiger partial charge in [-0.2, -0.15) is 4.98 Å². The predicted octanol–water partition coefficient (Wildman–Crippen LogP) is 4.55. The Labute approximate surface area is 200 Å². The number of aliphatic carboxylic acids is 1. The number of anilines is 2. The van der Waals surface area contributed by atoms with Crippen molar-refractivity contribution >= 4 is 17.7 Å². The lowest BCUT2D eigenvalue weighted by atomic mass is 10.00. The average molecular weight is 465 g/mol. The maximum Gasteiger partial charge on any atom is 0.307 e. The summed E-state index contributed by atoms with van der Waals surface area (Å²) in [6, 6.07) is 15.0. The number of ether oxygens (including phenoxy) is 1. The van der Waals surface area contributed by atoms with Gasteiger partial charge in [0.1, 0.15) is 12.4 Å². The molecular formula is C26H32N4O4. The molecule has 0 aliphatic carbocycles.